The summed E-state index contributed by atoms with van der Waals surface area (Å²) < 4.78 is 0. The molecule has 0 heterocycles. The fourth-order valence-electron chi connectivity index (χ4n) is 0. The molecular formula is C13H40N2O5Zr. The van der Waals surface area contributed by atoms with Crippen LogP contribution in [0.25, 0.3) is 0 Å². The quantitative estimate of drug-likeness (QED) is 0.286. The van der Waals surface area contributed by atoms with Crippen molar-refractivity contribution >= 4 is 0 Å². The number of hydrogen-bond donors (Lipinski definition) is 7. The Hall–Kier alpha value is 0.603. The van der Waals surface area contributed by atoms with E-state index in [1.807, 2.05) is 0 Å². The van der Waals surface area contributed by atoms with Crippen molar-refractivity contribution in [1.29, 1.82) is 0 Å². The fraction of sp³-hybridized carbons (Fsp3) is 0.846. The van der Waals surface area contributed by atoms with Gasteiger partial charge in [0.1, 0.15) is 0 Å². The van der Waals surface area contributed by atoms with Crippen LogP contribution < -0.4 is 11.5 Å². The summed E-state index contributed by atoms with van der Waals surface area (Å²) >= 11 is 0. The Morgan fingerprint density at radius 1 is 0.714 bits per heavy atom. The van der Waals surface area contributed by atoms with Gasteiger partial charge in [-0.1, -0.05) is 0 Å². The van der Waals surface area contributed by atoms with Gasteiger partial charge in [-0.3, -0.25) is 0 Å². The molecule has 0 aromatic heterocycles. The van der Waals surface area contributed by atoms with E-state index in [4.69, 9.17) is 37.0 Å². The Balaban J connectivity index is -0.0000000157. The van der Waals surface area contributed by atoms with Crippen LogP contribution in [0.4, 0.5) is 0 Å². The number of hydrogen-bond acceptors (Lipinski definition) is 7. The van der Waals surface area contributed by atoms with Crippen molar-refractivity contribution in [1.82, 2.24) is 0 Å². The molecule has 0 aliphatic carbocycles. The van der Waals surface area contributed by atoms with Gasteiger partial charge in [-0.05, 0) is 27.3 Å². The SMILES string of the molecule is CCO.CCO.CCO.CO.CO.[CH2-]CCN.[CH2-]CN.[Zr+2]. The Morgan fingerprint density at radius 2 is 0.762 bits per heavy atom. The zero-order valence-corrected chi connectivity index (χ0v) is 17.0. The summed E-state index contributed by atoms with van der Waals surface area (Å²) in [5.41, 5.74) is 9.70. The van der Waals surface area contributed by atoms with Crippen molar-refractivity contribution in [3.63, 3.8) is 0 Å². The van der Waals surface area contributed by atoms with Gasteiger partial charge in [0.25, 0.3) is 0 Å². The largest absolute Gasteiger partial charge is 2.00 e. The Bertz CT molecular complexity index is 51.5. The molecule has 9 N–H and O–H groups in total. The molecule has 0 aromatic rings. The molecule has 8 heteroatoms. The first-order valence-electron chi connectivity index (χ1n) is 6.28. The molecule has 21 heavy (non-hydrogen) atoms. The van der Waals surface area contributed by atoms with E-state index in [0.29, 0.717) is 13.1 Å². The van der Waals surface area contributed by atoms with E-state index in [2.05, 4.69) is 13.8 Å². The van der Waals surface area contributed by atoms with Crippen molar-refractivity contribution in [2.75, 3.05) is 47.1 Å². The molecule has 0 atom stereocenters. The molecule has 0 bridgehead atoms. The van der Waals surface area contributed by atoms with Crippen LogP contribution in [0.1, 0.15) is 27.2 Å². The van der Waals surface area contributed by atoms with Gasteiger partial charge in [-0.15, -0.1) is 6.54 Å². The normalized spacial score (nSPS) is 5.43. The van der Waals surface area contributed by atoms with Crippen LogP contribution in [-0.4, -0.2) is 72.7 Å². The van der Waals surface area contributed by atoms with Crippen LogP contribution >= 0.6 is 0 Å². The smallest absolute Gasteiger partial charge is 0.400 e. The zero-order valence-electron chi connectivity index (χ0n) is 14.5. The van der Waals surface area contributed by atoms with Crippen LogP contribution in [0.3, 0.4) is 0 Å². The van der Waals surface area contributed by atoms with E-state index in [0.717, 1.165) is 20.6 Å². The van der Waals surface area contributed by atoms with Gasteiger partial charge in [0.05, 0.1) is 0 Å². The van der Waals surface area contributed by atoms with Gasteiger partial charge >= 0.3 is 26.2 Å². The van der Waals surface area contributed by atoms with E-state index in [9.17, 15) is 0 Å². The standard InChI is InChI=1S/C3H8N.C2H6N.3C2H6O.2CH4O.Zr/c1-2-3-4;4*1-2-3;2*1-2;/h1-4H2;1-3H2;3*3H,2H2,1H3;2*2H,1H3;/q2*-1;;;;;;+2. The van der Waals surface area contributed by atoms with Gasteiger partial charge in [0.2, 0.25) is 0 Å². The molecule has 0 unspecified atom stereocenters. The number of aliphatic hydroxyl groups is 5. The Labute approximate surface area is 151 Å². The molecule has 0 spiro atoms. The van der Waals surface area contributed by atoms with Gasteiger partial charge < -0.3 is 50.8 Å². The minimum absolute atomic E-state index is 0. The minimum Gasteiger partial charge on any atom is -0.400 e. The average molecular weight is 396 g/mol. The first-order chi connectivity index (χ1) is 9.57. The summed E-state index contributed by atoms with van der Waals surface area (Å²) in [6.45, 7) is 13.7. The summed E-state index contributed by atoms with van der Waals surface area (Å²) in [7, 11) is 2.00. The summed E-state index contributed by atoms with van der Waals surface area (Å²) in [5.74, 6) is 0. The third-order valence-corrected chi connectivity index (χ3v) is 0.204. The van der Waals surface area contributed by atoms with Crippen LogP contribution in [-0.2, 0) is 26.2 Å². The minimum atomic E-state index is 0. The van der Waals surface area contributed by atoms with Crippen molar-refractivity contribution in [2.24, 2.45) is 11.5 Å². The molecule has 0 aliphatic rings. The molecule has 0 saturated carbocycles. The van der Waals surface area contributed by atoms with Gasteiger partial charge in [-0.25, -0.2) is 0 Å². The van der Waals surface area contributed by atoms with Crippen LogP contribution in [0.5, 0.6) is 0 Å². The summed E-state index contributed by atoms with van der Waals surface area (Å²) in [6, 6.07) is 0. The monoisotopic (exact) mass is 394 g/mol. The predicted octanol–water partition coefficient (Wildman–Crippen LogP) is -0.841. The molecule has 0 amide bonds. The molecular weight excluding hydrogens is 355 g/mol. The van der Waals surface area contributed by atoms with Crippen LogP contribution in [0.2, 0.25) is 0 Å². The number of aliphatic hydroxyl groups excluding tert-OH is 5. The molecule has 0 aliphatic heterocycles. The van der Waals surface area contributed by atoms with Crippen molar-refractivity contribution < 1.29 is 51.7 Å². The van der Waals surface area contributed by atoms with Gasteiger partial charge in [0, 0.05) is 34.0 Å². The fourth-order valence-corrected chi connectivity index (χ4v) is 0. The maximum absolute atomic E-state index is 7.57. The average Bonchev–Trinajstić information content (AvgIpc) is 2.46. The zero-order chi connectivity index (χ0) is 18.2. The number of rotatable bonds is 1. The Kier molecular flexibility index (Phi) is 429. The van der Waals surface area contributed by atoms with E-state index < -0.39 is 0 Å². The third kappa shape index (κ3) is 2770. The molecule has 0 aromatic carbocycles. The molecule has 7 nitrogen and oxygen atoms in total. The Morgan fingerprint density at radius 3 is 0.762 bits per heavy atom. The second kappa shape index (κ2) is 182. The first-order valence-corrected chi connectivity index (χ1v) is 6.28. The molecule has 136 valence electrons. The first kappa shape index (κ1) is 49.6. The maximum Gasteiger partial charge on any atom is 2.00 e. The van der Waals surface area contributed by atoms with Gasteiger partial charge in [-0.2, -0.15) is 6.42 Å². The molecule has 0 saturated heterocycles. The van der Waals surface area contributed by atoms with Crippen molar-refractivity contribution in [2.45, 2.75) is 27.2 Å². The second-order valence-electron chi connectivity index (χ2n) is 1.88. The summed E-state index contributed by atoms with van der Waals surface area (Å²) in [4.78, 5) is 0. The van der Waals surface area contributed by atoms with E-state index in [-0.39, 0.29) is 46.0 Å². The van der Waals surface area contributed by atoms with E-state index >= 15 is 0 Å². The van der Waals surface area contributed by atoms with Crippen LogP contribution in [0.15, 0.2) is 0 Å². The van der Waals surface area contributed by atoms with Crippen LogP contribution in [0, 0.1) is 13.8 Å². The molecule has 0 fully saturated rings. The van der Waals surface area contributed by atoms with E-state index in [1.54, 1.807) is 20.8 Å². The summed E-state index contributed by atoms with van der Waals surface area (Å²) in [6.07, 6.45) is 0.847. The van der Waals surface area contributed by atoms with Gasteiger partial charge in [0.15, 0.2) is 0 Å². The number of nitrogens with two attached hydrogens (primary N) is 2. The molecule has 0 rings (SSSR count). The topological polar surface area (TPSA) is 153 Å². The summed E-state index contributed by atoms with van der Waals surface area (Å²) in [5, 5.41) is 36.7. The third-order valence-electron chi connectivity index (χ3n) is 0.204. The molecule has 0 radical (unpaired) electrons. The maximum atomic E-state index is 7.57. The van der Waals surface area contributed by atoms with E-state index in [1.165, 1.54) is 0 Å². The van der Waals surface area contributed by atoms with Crippen molar-refractivity contribution in [3.8, 4) is 0 Å². The predicted molar refractivity (Wildman–Crippen MR) is 88.0 cm³/mol. The second-order valence-corrected chi connectivity index (χ2v) is 1.88. The van der Waals surface area contributed by atoms with Crippen molar-refractivity contribution in [3.05, 3.63) is 13.8 Å².